The third kappa shape index (κ3) is 1.65. The Bertz CT molecular complexity index is 158. The van der Waals surface area contributed by atoms with Crippen molar-refractivity contribution in [2.24, 2.45) is 0 Å². The van der Waals surface area contributed by atoms with Crippen molar-refractivity contribution in [1.29, 1.82) is 0 Å². The molecule has 0 atom stereocenters. The summed E-state index contributed by atoms with van der Waals surface area (Å²) in [7, 11) is 0. The van der Waals surface area contributed by atoms with E-state index in [-0.39, 0.29) is 0 Å². The number of hydrogen-bond donors (Lipinski definition) is 0. The van der Waals surface area contributed by atoms with Gasteiger partial charge in [0.15, 0.2) is 0 Å². The summed E-state index contributed by atoms with van der Waals surface area (Å²) in [5, 5.41) is 0. The first-order valence-electron chi connectivity index (χ1n) is 3.01. The van der Waals surface area contributed by atoms with E-state index in [1.54, 1.807) is 0 Å². The molecule has 0 unspecified atom stereocenters. The number of allylic oxidation sites excluding steroid dienone is 3. The molecule has 0 radical (unpaired) electrons. The SMILES string of the molecule is CCOC1=[C]([Ru])CC=C1. The van der Waals surface area contributed by atoms with Crippen LogP contribution in [0.1, 0.15) is 13.3 Å². The molecule has 0 aromatic heterocycles. The molecule has 0 N–H and O–H groups in total. The van der Waals surface area contributed by atoms with Crippen molar-refractivity contribution in [3.63, 3.8) is 0 Å². The number of hydrogen-bond acceptors (Lipinski definition) is 1. The Morgan fingerprint density at radius 1 is 1.78 bits per heavy atom. The van der Waals surface area contributed by atoms with Crippen LogP contribution in [-0.4, -0.2) is 6.61 Å². The van der Waals surface area contributed by atoms with Gasteiger partial charge < -0.3 is 0 Å². The van der Waals surface area contributed by atoms with Crippen LogP contribution in [0.2, 0.25) is 0 Å². The van der Waals surface area contributed by atoms with Crippen molar-refractivity contribution >= 4 is 0 Å². The summed E-state index contributed by atoms with van der Waals surface area (Å²) in [6.45, 7) is 2.76. The van der Waals surface area contributed by atoms with Crippen LogP contribution >= 0.6 is 0 Å². The van der Waals surface area contributed by atoms with Crippen LogP contribution in [0.3, 0.4) is 0 Å². The average Bonchev–Trinajstić information content (AvgIpc) is 2.18. The summed E-state index contributed by atoms with van der Waals surface area (Å²) in [6.07, 6.45) is 5.16. The normalized spacial score (nSPS) is 17.1. The zero-order valence-electron chi connectivity index (χ0n) is 5.33. The molecule has 0 fully saturated rings. The summed E-state index contributed by atoms with van der Waals surface area (Å²) in [5.74, 6) is 1.04. The van der Waals surface area contributed by atoms with Crippen LogP contribution in [-0.2, 0) is 23.0 Å². The van der Waals surface area contributed by atoms with Crippen LogP contribution in [0.5, 0.6) is 0 Å². The summed E-state index contributed by atoms with van der Waals surface area (Å²) in [6, 6.07) is 0. The first-order valence-corrected chi connectivity index (χ1v) is 3.88. The fourth-order valence-electron chi connectivity index (χ4n) is 0.736. The van der Waals surface area contributed by atoms with E-state index >= 15 is 0 Å². The van der Waals surface area contributed by atoms with Gasteiger partial charge in [0.25, 0.3) is 0 Å². The maximum atomic E-state index is 5.29. The van der Waals surface area contributed by atoms with Crippen molar-refractivity contribution in [2.75, 3.05) is 6.61 Å². The van der Waals surface area contributed by atoms with E-state index in [0.29, 0.717) is 0 Å². The molecule has 0 aromatic carbocycles. The van der Waals surface area contributed by atoms with Gasteiger partial charge in [0, 0.05) is 0 Å². The van der Waals surface area contributed by atoms with Gasteiger partial charge in [-0.25, -0.2) is 0 Å². The van der Waals surface area contributed by atoms with Gasteiger partial charge in [0.1, 0.15) is 0 Å². The van der Waals surface area contributed by atoms with Gasteiger partial charge in [-0.3, -0.25) is 0 Å². The van der Waals surface area contributed by atoms with Crippen LogP contribution < -0.4 is 0 Å². The molecule has 9 heavy (non-hydrogen) atoms. The molecule has 0 aliphatic heterocycles. The molecule has 0 heterocycles. The monoisotopic (exact) mass is 211 g/mol. The Balaban J connectivity index is 2.54. The predicted molar refractivity (Wildman–Crippen MR) is 32.4 cm³/mol. The Hall–Kier alpha value is -0.0966. The van der Waals surface area contributed by atoms with Gasteiger partial charge in [-0.2, -0.15) is 0 Å². The molecular weight excluding hydrogens is 201 g/mol. The molecule has 0 aromatic rings. The Labute approximate surface area is 65.5 Å². The van der Waals surface area contributed by atoms with E-state index in [1.807, 2.05) is 13.0 Å². The third-order valence-corrected chi connectivity index (χ3v) is 1.91. The van der Waals surface area contributed by atoms with Crippen molar-refractivity contribution in [1.82, 2.24) is 0 Å². The van der Waals surface area contributed by atoms with E-state index in [4.69, 9.17) is 4.74 Å². The van der Waals surface area contributed by atoms with E-state index in [9.17, 15) is 0 Å². The molecule has 1 aliphatic carbocycles. The molecule has 0 amide bonds. The molecule has 0 spiro atoms. The second-order valence-electron chi connectivity index (χ2n) is 1.79. The average molecular weight is 210 g/mol. The molecule has 0 saturated carbocycles. The molecule has 0 saturated heterocycles. The van der Waals surface area contributed by atoms with Crippen molar-refractivity contribution in [3.05, 3.63) is 22.1 Å². The van der Waals surface area contributed by atoms with Crippen LogP contribution in [0, 0.1) is 0 Å². The van der Waals surface area contributed by atoms with Crippen molar-refractivity contribution < 1.29 is 23.0 Å². The summed E-state index contributed by atoms with van der Waals surface area (Å²) in [4.78, 5) is 0. The summed E-state index contributed by atoms with van der Waals surface area (Å²) >= 11 is 2.59. The Kier molecular flexibility index (Phi) is 2.47. The van der Waals surface area contributed by atoms with Gasteiger partial charge in [0.2, 0.25) is 0 Å². The van der Waals surface area contributed by atoms with Crippen LogP contribution in [0.4, 0.5) is 0 Å². The molecular formula is C7H9ORu. The maximum absolute atomic E-state index is 5.29. The molecule has 1 rings (SSSR count). The van der Waals surface area contributed by atoms with Gasteiger partial charge in [0.05, 0.1) is 0 Å². The summed E-state index contributed by atoms with van der Waals surface area (Å²) in [5.41, 5.74) is 0. The Morgan fingerprint density at radius 3 is 3.00 bits per heavy atom. The van der Waals surface area contributed by atoms with Crippen LogP contribution in [0.25, 0.3) is 0 Å². The predicted octanol–water partition coefficient (Wildman–Crippen LogP) is 1.74. The number of rotatable bonds is 2. The molecule has 51 valence electrons. The quantitative estimate of drug-likeness (QED) is 0.631. The van der Waals surface area contributed by atoms with Crippen LogP contribution in [0.15, 0.2) is 22.1 Å². The number of ether oxygens (including phenoxy) is 1. The second kappa shape index (κ2) is 3.17. The topological polar surface area (TPSA) is 9.23 Å². The first kappa shape index (κ1) is 7.02. The third-order valence-electron chi connectivity index (χ3n) is 1.12. The summed E-state index contributed by atoms with van der Waals surface area (Å²) < 4.78 is 6.56. The Morgan fingerprint density at radius 2 is 2.56 bits per heavy atom. The minimum atomic E-state index is 0.764. The zero-order chi connectivity index (χ0) is 6.69. The molecule has 1 aliphatic rings. The van der Waals surface area contributed by atoms with Gasteiger partial charge in [-0.05, 0) is 0 Å². The van der Waals surface area contributed by atoms with E-state index in [1.165, 1.54) is 4.17 Å². The van der Waals surface area contributed by atoms with Gasteiger partial charge in [-0.15, -0.1) is 0 Å². The van der Waals surface area contributed by atoms with Crippen molar-refractivity contribution in [3.8, 4) is 0 Å². The van der Waals surface area contributed by atoms with Gasteiger partial charge >= 0.3 is 65.1 Å². The molecule has 2 heteroatoms. The molecule has 0 bridgehead atoms. The first-order chi connectivity index (χ1) is 4.34. The van der Waals surface area contributed by atoms with Crippen molar-refractivity contribution in [2.45, 2.75) is 13.3 Å². The molecule has 1 nitrogen and oxygen atoms in total. The fourth-order valence-corrected chi connectivity index (χ4v) is 1.21. The minimum absolute atomic E-state index is 0.764. The zero-order valence-corrected chi connectivity index (χ0v) is 7.07. The standard InChI is InChI=1S/C7H9O.Ru/c1-2-8-7-5-3-4-6-7;/h3,5H,2,4H2,1H3;. The van der Waals surface area contributed by atoms with Gasteiger partial charge in [-0.1, -0.05) is 0 Å². The van der Waals surface area contributed by atoms with E-state index < -0.39 is 0 Å². The fraction of sp³-hybridized carbons (Fsp3) is 0.429. The van der Waals surface area contributed by atoms with E-state index in [0.717, 1.165) is 18.8 Å². The van der Waals surface area contributed by atoms with E-state index in [2.05, 4.69) is 24.4 Å². The second-order valence-corrected chi connectivity index (χ2v) is 2.84.